The van der Waals surface area contributed by atoms with Crippen LogP contribution in [-0.2, 0) is 6.42 Å². The fourth-order valence-electron chi connectivity index (χ4n) is 4.12. The molecule has 1 aromatic carbocycles. The molecule has 0 spiro atoms. The molecule has 1 N–H and O–H groups in total. The van der Waals surface area contributed by atoms with Crippen molar-refractivity contribution in [2.24, 2.45) is 11.8 Å². The second-order valence-corrected chi connectivity index (χ2v) is 8.94. The molecule has 0 aromatic heterocycles. The van der Waals surface area contributed by atoms with Crippen molar-refractivity contribution >= 4 is 12.6 Å². The van der Waals surface area contributed by atoms with Gasteiger partial charge in [-0.1, -0.05) is 55.4 Å². The summed E-state index contributed by atoms with van der Waals surface area (Å²) in [5.74, 6) is 1.39. The molecule has 164 valence electrons. The first kappa shape index (κ1) is 24.4. The first-order valence-corrected chi connectivity index (χ1v) is 11.8. The lowest BCUT2D eigenvalue weighted by atomic mass is 9.81. The summed E-state index contributed by atoms with van der Waals surface area (Å²) in [6, 6.07) is 7.59. The summed E-state index contributed by atoms with van der Waals surface area (Å²) < 4.78 is 0. The number of rotatable bonds is 11. The number of nitrogens with zero attached hydrogens (tertiary/aromatic N) is 1. The highest BCUT2D eigenvalue weighted by molar-refractivity contribution is 7.83. The van der Waals surface area contributed by atoms with E-state index in [2.05, 4.69) is 64.0 Å². The van der Waals surface area contributed by atoms with E-state index >= 15 is 0 Å². The van der Waals surface area contributed by atoms with Crippen molar-refractivity contribution in [1.82, 2.24) is 4.90 Å². The summed E-state index contributed by atoms with van der Waals surface area (Å²) in [5, 5.41) is 11.3. The van der Waals surface area contributed by atoms with Crippen LogP contribution in [0.3, 0.4) is 0 Å². The van der Waals surface area contributed by atoms with Crippen LogP contribution in [0.5, 0.6) is 5.75 Å². The van der Waals surface area contributed by atoms with Gasteiger partial charge in [-0.15, -0.1) is 0 Å². The van der Waals surface area contributed by atoms with Crippen LogP contribution in [0.1, 0.15) is 65.4 Å². The minimum absolute atomic E-state index is 0.329. The molecule has 1 aromatic rings. The summed E-state index contributed by atoms with van der Waals surface area (Å²) in [6.45, 7) is 14.4. The third-order valence-electron chi connectivity index (χ3n) is 6.44. The van der Waals surface area contributed by atoms with E-state index in [4.69, 9.17) is 0 Å². The number of aromatic hydroxyl groups is 1. The maximum Gasteiger partial charge on any atom is 0.115 e. The second-order valence-electron chi connectivity index (χ2n) is 8.64. The van der Waals surface area contributed by atoms with Gasteiger partial charge in [-0.25, -0.2) is 0 Å². The average molecular weight is 426 g/mol. The lowest BCUT2D eigenvalue weighted by Gasteiger charge is -2.39. The van der Waals surface area contributed by atoms with Crippen LogP contribution in [-0.4, -0.2) is 16.6 Å². The third-order valence-corrected chi connectivity index (χ3v) is 6.59. The Morgan fingerprint density at radius 1 is 1.27 bits per heavy atom. The maximum atomic E-state index is 9.51. The number of benzene rings is 1. The predicted molar refractivity (Wildman–Crippen MR) is 134 cm³/mol. The number of allylic oxidation sites excluding steroid dienone is 6. The van der Waals surface area contributed by atoms with Crippen LogP contribution < -0.4 is 0 Å². The van der Waals surface area contributed by atoms with Gasteiger partial charge in [0.1, 0.15) is 5.75 Å². The minimum Gasteiger partial charge on any atom is -0.508 e. The molecular weight excluding hydrogens is 386 g/mol. The topological polar surface area (TPSA) is 23.5 Å². The predicted octanol–water partition coefficient (Wildman–Crippen LogP) is 7.65. The molecule has 1 saturated carbocycles. The van der Waals surface area contributed by atoms with Gasteiger partial charge in [0.05, 0.1) is 0 Å². The van der Waals surface area contributed by atoms with E-state index in [1.165, 1.54) is 47.4 Å². The van der Waals surface area contributed by atoms with Crippen LogP contribution in [0, 0.1) is 11.8 Å². The van der Waals surface area contributed by atoms with E-state index in [0.717, 1.165) is 25.8 Å². The highest BCUT2D eigenvalue weighted by Gasteiger charge is 2.27. The molecule has 0 radical (unpaired) electrons. The van der Waals surface area contributed by atoms with E-state index < -0.39 is 0 Å². The van der Waals surface area contributed by atoms with E-state index in [1.54, 1.807) is 12.1 Å². The van der Waals surface area contributed by atoms with Gasteiger partial charge in [-0.05, 0) is 87.8 Å². The van der Waals surface area contributed by atoms with Crippen molar-refractivity contribution in [3.63, 3.8) is 0 Å². The molecule has 0 saturated heterocycles. The average Bonchev–Trinajstić information content (AvgIpc) is 2.69. The summed E-state index contributed by atoms with van der Waals surface area (Å²) in [7, 11) is 0. The van der Waals surface area contributed by atoms with Gasteiger partial charge in [-0.2, -0.15) is 12.6 Å². The Labute approximate surface area is 189 Å². The Morgan fingerprint density at radius 3 is 2.47 bits per heavy atom. The Kier molecular flexibility index (Phi) is 9.84. The van der Waals surface area contributed by atoms with Crippen LogP contribution in [0.4, 0.5) is 0 Å². The van der Waals surface area contributed by atoms with E-state index in [9.17, 15) is 5.11 Å². The zero-order chi connectivity index (χ0) is 22.1. The van der Waals surface area contributed by atoms with Crippen molar-refractivity contribution in [2.75, 3.05) is 6.54 Å². The smallest absolute Gasteiger partial charge is 0.115 e. The van der Waals surface area contributed by atoms with Crippen molar-refractivity contribution in [3.05, 3.63) is 76.5 Å². The fraction of sp³-hybridized carbons (Fsp3) is 0.481. The van der Waals surface area contributed by atoms with E-state index in [0.29, 0.717) is 17.6 Å². The Balaban J connectivity index is 2.10. The third kappa shape index (κ3) is 6.84. The first-order valence-electron chi connectivity index (χ1n) is 11.2. The van der Waals surface area contributed by atoms with Gasteiger partial charge in [0.25, 0.3) is 0 Å². The molecule has 3 heteroatoms. The Morgan fingerprint density at radius 2 is 1.93 bits per heavy atom. The van der Waals surface area contributed by atoms with E-state index in [1.807, 2.05) is 17.5 Å². The van der Waals surface area contributed by atoms with Crippen LogP contribution >= 0.6 is 12.6 Å². The highest BCUT2D eigenvalue weighted by Crippen LogP contribution is 2.38. The zero-order valence-electron chi connectivity index (χ0n) is 19.2. The Bertz CT molecular complexity index is 784. The first-order chi connectivity index (χ1) is 14.4. The van der Waals surface area contributed by atoms with Crippen molar-refractivity contribution in [1.29, 1.82) is 0 Å². The Hall–Kier alpha value is -1.87. The molecule has 0 heterocycles. The molecular formula is C27H39NOS. The standard InChI is InChI=1S/C27H39NOS/c1-6-27(25-10-7-11-25)28(17-8-9-24-12-14-26(29)15-13-24)23(5)22(4)19-21(3)20(2)16-18-30/h6,12-16,18,22,25,29-30H,5,7-11,17,19H2,1-4H3/b18-16-,21-20+,27-6-. The highest BCUT2D eigenvalue weighted by atomic mass is 32.1. The summed E-state index contributed by atoms with van der Waals surface area (Å²) in [6.07, 6.45) is 11.4. The largest absolute Gasteiger partial charge is 0.508 e. The quantitative estimate of drug-likeness (QED) is 0.281. The molecule has 30 heavy (non-hydrogen) atoms. The number of aryl methyl sites for hydroxylation is 1. The summed E-state index contributed by atoms with van der Waals surface area (Å²) >= 11 is 4.21. The van der Waals surface area contributed by atoms with Gasteiger partial charge < -0.3 is 10.0 Å². The SMILES string of the molecule is C=C(C(C)C/C(C)=C(C)/C=C\S)N(CCCc1ccc(O)cc1)/C(=C\C)C1CCC1. The molecule has 1 atom stereocenters. The van der Waals surface area contributed by atoms with Crippen molar-refractivity contribution < 1.29 is 5.11 Å². The number of hydrogen-bond acceptors (Lipinski definition) is 3. The maximum absolute atomic E-state index is 9.51. The van der Waals surface area contributed by atoms with Gasteiger partial charge in [0, 0.05) is 17.9 Å². The normalized spacial score (nSPS) is 16.9. The molecule has 0 aliphatic heterocycles. The molecule has 1 aliphatic rings. The number of hydrogen-bond donors (Lipinski definition) is 2. The number of thiol groups is 1. The molecule has 1 unspecified atom stereocenters. The zero-order valence-corrected chi connectivity index (χ0v) is 20.1. The lowest BCUT2D eigenvalue weighted by Crippen LogP contribution is -2.32. The van der Waals surface area contributed by atoms with Crippen molar-refractivity contribution in [3.8, 4) is 5.75 Å². The molecule has 2 nitrogen and oxygen atoms in total. The van der Waals surface area contributed by atoms with Gasteiger partial charge in [0.15, 0.2) is 0 Å². The van der Waals surface area contributed by atoms with Gasteiger partial charge >= 0.3 is 0 Å². The summed E-state index contributed by atoms with van der Waals surface area (Å²) in [4.78, 5) is 2.51. The van der Waals surface area contributed by atoms with Crippen molar-refractivity contribution in [2.45, 2.75) is 66.2 Å². The monoisotopic (exact) mass is 425 g/mol. The van der Waals surface area contributed by atoms with E-state index in [-0.39, 0.29) is 0 Å². The summed E-state index contributed by atoms with van der Waals surface area (Å²) in [5.41, 5.74) is 6.63. The van der Waals surface area contributed by atoms with Crippen LogP contribution in [0.15, 0.2) is 70.9 Å². The lowest BCUT2D eigenvalue weighted by molar-refractivity contribution is 0.261. The minimum atomic E-state index is 0.329. The second kappa shape index (κ2) is 12.1. The number of phenolic OH excluding ortho intramolecular Hbond substituents is 1. The van der Waals surface area contributed by atoms with Crippen LogP contribution in [0.25, 0.3) is 0 Å². The van der Waals surface area contributed by atoms with Crippen LogP contribution in [0.2, 0.25) is 0 Å². The molecule has 2 rings (SSSR count). The van der Waals surface area contributed by atoms with Gasteiger partial charge in [-0.3, -0.25) is 0 Å². The molecule has 0 amide bonds. The fourth-order valence-corrected chi connectivity index (χ4v) is 4.34. The molecule has 0 bridgehead atoms. The van der Waals surface area contributed by atoms with Gasteiger partial charge in [0.2, 0.25) is 0 Å². The molecule has 1 fully saturated rings. The molecule has 1 aliphatic carbocycles. The number of phenols is 1.